The van der Waals surface area contributed by atoms with Crippen LogP contribution in [0.1, 0.15) is 64.9 Å². The van der Waals surface area contributed by atoms with E-state index in [1.165, 1.54) is 24.3 Å². The molecule has 1 aromatic carbocycles. The number of Topliss-reactive ketones (excluding diaryl/α,β-unsaturated/α-hetero) is 2. The molecule has 0 aromatic heterocycles. The van der Waals surface area contributed by atoms with Crippen LogP contribution >= 0.6 is 0 Å². The summed E-state index contributed by atoms with van der Waals surface area (Å²) in [6, 6.07) is 5.51. The average molecular weight is 386 g/mol. The Bertz CT molecular complexity index is 836. The van der Waals surface area contributed by atoms with Crippen LogP contribution in [-0.2, 0) is 9.59 Å². The molecule has 4 nitrogen and oxygen atoms in total. The average Bonchev–Trinajstić information content (AvgIpc) is 2.50. The third kappa shape index (κ3) is 3.89. The third-order valence-corrected chi connectivity index (χ3v) is 5.57. The Hall–Kier alpha value is -2.43. The maximum absolute atomic E-state index is 13.5. The van der Waals surface area contributed by atoms with Crippen molar-refractivity contribution in [3.05, 3.63) is 58.3 Å². The number of halogens is 1. The molecule has 0 heterocycles. The van der Waals surface area contributed by atoms with Gasteiger partial charge in [-0.05, 0) is 28.5 Å². The molecule has 150 valence electrons. The molecule has 2 aliphatic rings. The van der Waals surface area contributed by atoms with Gasteiger partial charge in [0.15, 0.2) is 11.6 Å². The lowest BCUT2D eigenvalue weighted by molar-refractivity contribution is -0.119. The van der Waals surface area contributed by atoms with Crippen LogP contribution in [0.15, 0.2) is 46.9 Å². The van der Waals surface area contributed by atoms with Crippen LogP contribution in [0.25, 0.3) is 0 Å². The van der Waals surface area contributed by atoms with Crippen molar-refractivity contribution in [2.45, 2.75) is 59.3 Å². The fourth-order valence-corrected chi connectivity index (χ4v) is 4.39. The lowest BCUT2D eigenvalue weighted by atomic mass is 9.67. The molecule has 0 atom stereocenters. The van der Waals surface area contributed by atoms with Crippen LogP contribution in [0.5, 0.6) is 0 Å². The molecule has 0 saturated heterocycles. The summed E-state index contributed by atoms with van der Waals surface area (Å²) in [6.45, 7) is 7.59. The number of carbonyl (C=O) groups excluding carboxylic acids is 2. The van der Waals surface area contributed by atoms with E-state index in [1.807, 2.05) is 27.7 Å². The lowest BCUT2D eigenvalue weighted by Gasteiger charge is -2.36. The second-order valence-electron chi connectivity index (χ2n) is 9.59. The van der Waals surface area contributed by atoms with Crippen molar-refractivity contribution in [3.8, 4) is 0 Å². The van der Waals surface area contributed by atoms with E-state index in [2.05, 4.69) is 0 Å². The molecule has 0 bridgehead atoms. The van der Waals surface area contributed by atoms with Gasteiger partial charge in [-0.3, -0.25) is 9.59 Å². The van der Waals surface area contributed by atoms with Crippen molar-refractivity contribution in [3.63, 3.8) is 0 Å². The fraction of sp³-hybridized carbons (Fsp3) is 0.478. The predicted octanol–water partition coefficient (Wildman–Crippen LogP) is 5.31. The van der Waals surface area contributed by atoms with Crippen LogP contribution in [0.4, 0.5) is 4.39 Å². The van der Waals surface area contributed by atoms with E-state index in [-0.39, 0.29) is 57.9 Å². The topological polar surface area (TPSA) is 74.6 Å². The minimum Gasteiger partial charge on any atom is -0.512 e. The number of ketones is 2. The molecule has 1 aromatic rings. The van der Waals surface area contributed by atoms with Crippen molar-refractivity contribution in [2.75, 3.05) is 0 Å². The highest BCUT2D eigenvalue weighted by Crippen LogP contribution is 2.47. The molecule has 0 saturated carbocycles. The molecule has 0 amide bonds. The van der Waals surface area contributed by atoms with E-state index in [0.717, 1.165) is 0 Å². The first-order chi connectivity index (χ1) is 12.9. The summed E-state index contributed by atoms with van der Waals surface area (Å²) in [4.78, 5) is 26.0. The van der Waals surface area contributed by atoms with Gasteiger partial charge in [-0.25, -0.2) is 4.39 Å². The van der Waals surface area contributed by atoms with Crippen LogP contribution in [0.2, 0.25) is 0 Å². The van der Waals surface area contributed by atoms with Crippen molar-refractivity contribution < 1.29 is 24.2 Å². The quantitative estimate of drug-likeness (QED) is 0.738. The minimum absolute atomic E-state index is 0.0616. The standard InChI is InChI=1S/C23H27FO4/c1-22(2)9-15(25)20(16(26)10-22)19(13-5-7-14(24)8-6-13)21-17(27)11-23(3,4)12-18(21)28/h5-8,19,25,27H,9-12H2,1-4H3. The number of hydrogen-bond donors (Lipinski definition) is 2. The van der Waals surface area contributed by atoms with Gasteiger partial charge in [-0.15, -0.1) is 0 Å². The Kier molecular flexibility index (Phi) is 4.98. The monoisotopic (exact) mass is 386 g/mol. The second kappa shape index (κ2) is 6.87. The van der Waals surface area contributed by atoms with Gasteiger partial charge in [0, 0.05) is 42.7 Å². The Labute approximate surface area is 164 Å². The van der Waals surface area contributed by atoms with Crippen LogP contribution in [0, 0.1) is 16.6 Å². The normalized spacial score (nSPS) is 22.2. The summed E-state index contributed by atoms with van der Waals surface area (Å²) < 4.78 is 13.5. The first-order valence-corrected chi connectivity index (χ1v) is 9.56. The Morgan fingerprint density at radius 3 is 1.54 bits per heavy atom. The summed E-state index contributed by atoms with van der Waals surface area (Å²) in [6.07, 6.45) is 1.08. The zero-order valence-corrected chi connectivity index (χ0v) is 16.8. The van der Waals surface area contributed by atoms with Gasteiger partial charge in [0.2, 0.25) is 0 Å². The minimum atomic E-state index is -0.896. The summed E-state index contributed by atoms with van der Waals surface area (Å²) in [5.41, 5.74) is 0.0201. The SMILES string of the molecule is CC1(C)CC(=O)C(C(C2=C(O)CC(C)(C)CC2=O)c2ccc(F)cc2)=C(O)C1. The fourth-order valence-electron chi connectivity index (χ4n) is 4.39. The first-order valence-electron chi connectivity index (χ1n) is 9.56. The summed E-state index contributed by atoms with van der Waals surface area (Å²) >= 11 is 0. The van der Waals surface area contributed by atoms with Crippen molar-refractivity contribution >= 4 is 11.6 Å². The van der Waals surface area contributed by atoms with E-state index in [1.54, 1.807) is 0 Å². The molecule has 5 heteroatoms. The molecular formula is C23H27FO4. The number of rotatable bonds is 3. The zero-order valence-electron chi connectivity index (χ0n) is 16.8. The molecule has 3 rings (SSSR count). The maximum atomic E-state index is 13.5. The number of hydrogen-bond acceptors (Lipinski definition) is 4. The van der Waals surface area contributed by atoms with Crippen molar-refractivity contribution in [2.24, 2.45) is 10.8 Å². The van der Waals surface area contributed by atoms with Gasteiger partial charge in [0.05, 0.1) is 0 Å². The smallest absolute Gasteiger partial charge is 0.163 e. The molecule has 28 heavy (non-hydrogen) atoms. The largest absolute Gasteiger partial charge is 0.512 e. The Morgan fingerprint density at radius 1 is 0.786 bits per heavy atom. The molecule has 0 radical (unpaired) electrons. The second-order valence-corrected chi connectivity index (χ2v) is 9.59. The number of allylic oxidation sites excluding steroid dienone is 4. The molecule has 0 fully saturated rings. The van der Waals surface area contributed by atoms with E-state index < -0.39 is 11.7 Å². The van der Waals surface area contributed by atoms with Crippen LogP contribution < -0.4 is 0 Å². The van der Waals surface area contributed by atoms with E-state index in [9.17, 15) is 24.2 Å². The summed E-state index contributed by atoms with van der Waals surface area (Å²) in [5, 5.41) is 21.5. The highest BCUT2D eigenvalue weighted by Gasteiger charge is 2.43. The number of aliphatic hydroxyl groups is 2. The molecule has 0 unspecified atom stereocenters. The van der Waals surface area contributed by atoms with Crippen molar-refractivity contribution in [1.82, 2.24) is 0 Å². The molecular weight excluding hydrogens is 359 g/mol. The van der Waals surface area contributed by atoms with Gasteiger partial charge in [0.25, 0.3) is 0 Å². The lowest BCUT2D eigenvalue weighted by Crippen LogP contribution is -2.33. The molecule has 0 spiro atoms. The van der Waals surface area contributed by atoms with E-state index >= 15 is 0 Å². The maximum Gasteiger partial charge on any atom is 0.163 e. The Balaban J connectivity index is 2.22. The molecule has 0 aliphatic heterocycles. The van der Waals surface area contributed by atoms with E-state index in [0.29, 0.717) is 18.4 Å². The number of carbonyl (C=O) groups is 2. The van der Waals surface area contributed by atoms with E-state index in [4.69, 9.17) is 0 Å². The molecule has 2 aliphatic carbocycles. The zero-order chi connectivity index (χ0) is 20.9. The van der Waals surface area contributed by atoms with Crippen LogP contribution in [0.3, 0.4) is 0 Å². The molecule has 2 N–H and O–H groups in total. The highest BCUT2D eigenvalue weighted by molar-refractivity contribution is 6.05. The summed E-state index contributed by atoms with van der Waals surface area (Å²) in [5.74, 6) is -1.96. The summed E-state index contributed by atoms with van der Waals surface area (Å²) in [7, 11) is 0. The number of benzene rings is 1. The number of aliphatic hydroxyl groups excluding tert-OH is 2. The van der Waals surface area contributed by atoms with Gasteiger partial charge >= 0.3 is 0 Å². The van der Waals surface area contributed by atoms with Crippen LogP contribution in [-0.4, -0.2) is 21.8 Å². The van der Waals surface area contributed by atoms with Crippen molar-refractivity contribution in [1.29, 1.82) is 0 Å². The van der Waals surface area contributed by atoms with Gasteiger partial charge in [-0.2, -0.15) is 0 Å². The predicted molar refractivity (Wildman–Crippen MR) is 104 cm³/mol. The van der Waals surface area contributed by atoms with Gasteiger partial charge in [-0.1, -0.05) is 39.8 Å². The van der Waals surface area contributed by atoms with Gasteiger partial charge in [0.1, 0.15) is 17.3 Å². The van der Waals surface area contributed by atoms with Gasteiger partial charge < -0.3 is 10.2 Å². The third-order valence-electron chi connectivity index (χ3n) is 5.57. The highest BCUT2D eigenvalue weighted by atomic mass is 19.1. The first kappa shape index (κ1) is 20.3. The Morgan fingerprint density at radius 2 is 1.18 bits per heavy atom.